The summed E-state index contributed by atoms with van der Waals surface area (Å²) in [5.74, 6) is -0.507. The van der Waals surface area contributed by atoms with Crippen molar-refractivity contribution in [1.82, 2.24) is 14.7 Å². The summed E-state index contributed by atoms with van der Waals surface area (Å²) < 4.78 is 19.8. The predicted molar refractivity (Wildman–Crippen MR) is 153 cm³/mol. The van der Waals surface area contributed by atoms with Crippen LogP contribution in [0.3, 0.4) is 0 Å². The third-order valence-corrected chi connectivity index (χ3v) is 7.74. The Labute approximate surface area is 240 Å². The molecule has 3 aromatic rings. The largest absolute Gasteiger partial charge is 0.508 e. The number of phenols is 1. The van der Waals surface area contributed by atoms with Crippen molar-refractivity contribution >= 4 is 11.8 Å². The molecule has 10 heteroatoms. The highest BCUT2D eigenvalue weighted by Gasteiger charge is 2.33. The molecule has 1 atom stereocenters. The van der Waals surface area contributed by atoms with E-state index in [1.54, 1.807) is 36.4 Å². The van der Waals surface area contributed by atoms with Crippen LogP contribution in [0.5, 0.6) is 11.5 Å². The second-order valence-corrected chi connectivity index (χ2v) is 11.3. The molecule has 0 aliphatic carbocycles. The molecule has 0 saturated carbocycles. The number of likely N-dealkylation sites (tertiary alicyclic amines) is 1. The van der Waals surface area contributed by atoms with Gasteiger partial charge in [0.05, 0.1) is 30.8 Å². The number of benzene rings is 2. The Balaban J connectivity index is 1.24. The molecular weight excluding hydrogens is 524 g/mol. The van der Waals surface area contributed by atoms with Gasteiger partial charge in [0, 0.05) is 37.2 Å². The maximum absolute atomic E-state index is 12.8. The molecule has 3 heterocycles. The average Bonchev–Trinajstić information content (AvgIpc) is 3.42. The molecule has 3 N–H and O–H groups in total. The molecule has 2 aromatic carbocycles. The van der Waals surface area contributed by atoms with Crippen LogP contribution >= 0.6 is 0 Å². The third kappa shape index (κ3) is 6.55. The number of hydrogen-bond acceptors (Lipinski definition) is 7. The Hall–Kier alpha value is -3.89. The topological polar surface area (TPSA) is 129 Å². The minimum Gasteiger partial charge on any atom is -0.508 e. The number of nitrogens with zero attached hydrogens (tertiary/aromatic N) is 3. The van der Waals surface area contributed by atoms with Crippen molar-refractivity contribution in [3.8, 4) is 22.6 Å². The van der Waals surface area contributed by atoms with Crippen LogP contribution in [0.2, 0.25) is 0 Å². The highest BCUT2D eigenvalue weighted by atomic mass is 16.7. The molecule has 2 amide bonds. The third-order valence-electron chi connectivity index (χ3n) is 7.74. The number of phenolic OH excluding ortho intramolecular Hbond substituents is 1. The Morgan fingerprint density at radius 1 is 1.12 bits per heavy atom. The molecule has 41 heavy (non-hydrogen) atoms. The van der Waals surface area contributed by atoms with Gasteiger partial charge in [0.15, 0.2) is 5.79 Å². The number of primary amides is 1. The summed E-state index contributed by atoms with van der Waals surface area (Å²) in [6.07, 6.45) is 1.35. The SMILES string of the molecule is Cc1nn(C[C@@H]2COC(C)(C)O2)c(C)c1-c1ccc(OC2CCN(C(=O)Cc3ccc(O)cc3)CC2)c(C(N)=O)c1. The van der Waals surface area contributed by atoms with Crippen LogP contribution in [-0.2, 0) is 27.2 Å². The van der Waals surface area contributed by atoms with Crippen LogP contribution in [0.4, 0.5) is 0 Å². The standard InChI is InChI=1S/C31H38N4O6/c1-19-29(20(2)35(33-19)17-25-18-39-31(3,4)41-25)22-7-10-27(26(16-22)30(32)38)40-24-11-13-34(14-12-24)28(37)15-21-5-8-23(36)9-6-21/h5-10,16,24-25,36H,11-15,17-18H2,1-4H3,(H2,32,38)/t25-/m1/s1. The van der Waals surface area contributed by atoms with Gasteiger partial charge < -0.3 is 30.0 Å². The minimum absolute atomic E-state index is 0.0401. The van der Waals surface area contributed by atoms with Gasteiger partial charge in [-0.1, -0.05) is 18.2 Å². The van der Waals surface area contributed by atoms with E-state index < -0.39 is 11.7 Å². The number of aromatic nitrogens is 2. The second kappa shape index (κ2) is 11.5. The smallest absolute Gasteiger partial charge is 0.252 e. The van der Waals surface area contributed by atoms with Gasteiger partial charge in [-0.15, -0.1) is 0 Å². The molecule has 2 saturated heterocycles. The number of ether oxygens (including phenoxy) is 3. The molecule has 10 nitrogen and oxygen atoms in total. The van der Waals surface area contributed by atoms with Crippen molar-refractivity contribution in [3.63, 3.8) is 0 Å². The van der Waals surface area contributed by atoms with Crippen LogP contribution in [0, 0.1) is 13.8 Å². The second-order valence-electron chi connectivity index (χ2n) is 11.3. The first-order chi connectivity index (χ1) is 19.5. The van der Waals surface area contributed by atoms with E-state index >= 15 is 0 Å². The lowest BCUT2D eigenvalue weighted by Crippen LogP contribution is -2.42. The van der Waals surface area contributed by atoms with E-state index in [0.29, 0.717) is 50.4 Å². The first kappa shape index (κ1) is 28.6. The molecule has 2 fully saturated rings. The van der Waals surface area contributed by atoms with Crippen molar-refractivity contribution < 1.29 is 28.9 Å². The Bertz CT molecular complexity index is 1420. The quantitative estimate of drug-likeness (QED) is 0.428. The average molecular weight is 563 g/mol. The van der Waals surface area contributed by atoms with Crippen LogP contribution in [0.15, 0.2) is 42.5 Å². The minimum atomic E-state index is -0.601. The first-order valence-corrected chi connectivity index (χ1v) is 14.0. The van der Waals surface area contributed by atoms with Gasteiger partial charge in [-0.2, -0.15) is 5.10 Å². The number of nitrogens with two attached hydrogens (primary N) is 1. The normalized spacial score (nSPS) is 18.9. The first-order valence-electron chi connectivity index (χ1n) is 14.0. The fourth-order valence-corrected chi connectivity index (χ4v) is 5.62. The maximum Gasteiger partial charge on any atom is 0.252 e. The number of hydrogen-bond donors (Lipinski definition) is 2. The van der Waals surface area contributed by atoms with E-state index in [9.17, 15) is 14.7 Å². The lowest BCUT2D eigenvalue weighted by Gasteiger charge is -2.32. The van der Waals surface area contributed by atoms with Crippen LogP contribution in [0.1, 0.15) is 54.0 Å². The van der Waals surface area contributed by atoms with E-state index in [2.05, 4.69) is 0 Å². The van der Waals surface area contributed by atoms with Gasteiger partial charge in [-0.25, -0.2) is 0 Å². The predicted octanol–water partition coefficient (Wildman–Crippen LogP) is 3.74. The molecule has 2 aliphatic heterocycles. The van der Waals surface area contributed by atoms with E-state index in [1.165, 1.54) is 0 Å². The molecule has 2 aliphatic rings. The fraction of sp³-hybridized carbons (Fsp3) is 0.452. The summed E-state index contributed by atoms with van der Waals surface area (Å²) in [6, 6.07) is 12.2. The van der Waals surface area contributed by atoms with Crippen molar-refractivity contribution in [2.24, 2.45) is 5.73 Å². The van der Waals surface area contributed by atoms with Gasteiger partial charge in [0.1, 0.15) is 23.7 Å². The zero-order chi connectivity index (χ0) is 29.3. The van der Waals surface area contributed by atoms with E-state index in [4.69, 9.17) is 25.0 Å². The zero-order valence-electron chi connectivity index (χ0n) is 24.1. The maximum atomic E-state index is 12.8. The summed E-state index contributed by atoms with van der Waals surface area (Å²) in [4.78, 5) is 27.1. The number of rotatable bonds is 8. The summed E-state index contributed by atoms with van der Waals surface area (Å²) in [5.41, 5.74) is 10.5. The number of piperidine rings is 1. The molecule has 218 valence electrons. The van der Waals surface area contributed by atoms with Gasteiger partial charge in [-0.3, -0.25) is 14.3 Å². The molecule has 0 radical (unpaired) electrons. The Morgan fingerprint density at radius 2 is 1.83 bits per heavy atom. The van der Waals surface area contributed by atoms with Crippen molar-refractivity contribution in [2.45, 2.75) is 71.5 Å². The molecule has 0 spiro atoms. The van der Waals surface area contributed by atoms with Crippen LogP contribution in [0.25, 0.3) is 11.1 Å². The molecule has 0 unspecified atom stereocenters. The molecule has 0 bridgehead atoms. The molecule has 5 rings (SSSR count). The van der Waals surface area contributed by atoms with Gasteiger partial charge in [0.2, 0.25) is 5.91 Å². The van der Waals surface area contributed by atoms with Gasteiger partial charge >= 0.3 is 0 Å². The number of carbonyl (C=O) groups excluding carboxylic acids is 2. The van der Waals surface area contributed by atoms with Gasteiger partial charge in [-0.05, 0) is 63.1 Å². The highest BCUT2D eigenvalue weighted by Crippen LogP contribution is 2.33. The summed E-state index contributed by atoms with van der Waals surface area (Å²) >= 11 is 0. The van der Waals surface area contributed by atoms with Crippen molar-refractivity contribution in [3.05, 3.63) is 65.0 Å². The van der Waals surface area contributed by atoms with Crippen molar-refractivity contribution in [2.75, 3.05) is 19.7 Å². The van der Waals surface area contributed by atoms with Crippen molar-refractivity contribution in [1.29, 1.82) is 0 Å². The number of carbonyl (C=O) groups is 2. The van der Waals surface area contributed by atoms with Gasteiger partial charge in [0.25, 0.3) is 5.91 Å². The summed E-state index contributed by atoms with van der Waals surface area (Å²) in [6.45, 7) is 9.95. The number of aryl methyl sites for hydroxylation is 1. The van der Waals surface area contributed by atoms with E-state index in [-0.39, 0.29) is 30.3 Å². The van der Waals surface area contributed by atoms with E-state index in [1.807, 2.05) is 43.3 Å². The summed E-state index contributed by atoms with van der Waals surface area (Å²) in [5, 5.41) is 14.2. The monoisotopic (exact) mass is 562 g/mol. The lowest BCUT2D eigenvalue weighted by molar-refractivity contribution is -0.140. The Morgan fingerprint density at radius 3 is 2.46 bits per heavy atom. The fourth-order valence-electron chi connectivity index (χ4n) is 5.62. The molecular formula is C31H38N4O6. The van der Waals surface area contributed by atoms with Crippen LogP contribution < -0.4 is 10.5 Å². The Kier molecular flexibility index (Phi) is 8.06. The number of aromatic hydroxyl groups is 1. The zero-order valence-corrected chi connectivity index (χ0v) is 24.1. The van der Waals surface area contributed by atoms with E-state index in [0.717, 1.165) is 28.1 Å². The summed E-state index contributed by atoms with van der Waals surface area (Å²) in [7, 11) is 0. The van der Waals surface area contributed by atoms with Crippen LogP contribution in [-0.4, -0.2) is 69.3 Å². The molecule has 1 aromatic heterocycles. The number of amides is 2. The lowest BCUT2D eigenvalue weighted by atomic mass is 10.00. The highest BCUT2D eigenvalue weighted by molar-refractivity contribution is 5.97.